The van der Waals surface area contributed by atoms with Crippen LogP contribution in [-0.4, -0.2) is 11.0 Å². The van der Waals surface area contributed by atoms with Gasteiger partial charge in [0.2, 0.25) is 5.89 Å². The Hall–Kier alpha value is -1.27. The van der Waals surface area contributed by atoms with Crippen molar-refractivity contribution in [3.8, 4) is 12.3 Å². The van der Waals surface area contributed by atoms with E-state index < -0.39 is 0 Å². The first-order valence-corrected chi connectivity index (χ1v) is 3.83. The fourth-order valence-electron chi connectivity index (χ4n) is 0.782. The smallest absolute Gasteiger partial charge is 0.208 e. The third-order valence-corrected chi connectivity index (χ3v) is 1.48. The molecule has 0 saturated heterocycles. The van der Waals surface area contributed by atoms with Crippen LogP contribution in [0.2, 0.25) is 0 Å². The molecule has 3 nitrogen and oxygen atoms in total. The standard InChI is InChI=1S/C9H12N2O/c1-4-7(2)10-6-9-11-5-8(3)12-9/h1,5,7,10H,6H2,2-3H3. The number of hydrogen-bond acceptors (Lipinski definition) is 3. The fourth-order valence-corrected chi connectivity index (χ4v) is 0.782. The minimum Gasteiger partial charge on any atom is -0.445 e. The summed E-state index contributed by atoms with van der Waals surface area (Å²) in [7, 11) is 0. The molecule has 1 aromatic heterocycles. The number of nitrogens with zero attached hydrogens (tertiary/aromatic N) is 1. The highest BCUT2D eigenvalue weighted by molar-refractivity contribution is 4.97. The molecule has 1 unspecified atom stereocenters. The minimum atomic E-state index is 0.0530. The van der Waals surface area contributed by atoms with Crippen LogP contribution in [0.3, 0.4) is 0 Å². The summed E-state index contributed by atoms with van der Waals surface area (Å²) in [5, 5.41) is 3.07. The summed E-state index contributed by atoms with van der Waals surface area (Å²) in [6.45, 7) is 4.36. The van der Waals surface area contributed by atoms with E-state index in [1.807, 2.05) is 13.8 Å². The van der Waals surface area contributed by atoms with Gasteiger partial charge in [0.1, 0.15) is 5.76 Å². The van der Waals surface area contributed by atoms with Crippen molar-refractivity contribution in [2.75, 3.05) is 0 Å². The quantitative estimate of drug-likeness (QED) is 0.680. The fraction of sp³-hybridized carbons (Fsp3) is 0.444. The first-order valence-electron chi connectivity index (χ1n) is 3.83. The average Bonchev–Trinajstić information content (AvgIpc) is 2.47. The van der Waals surface area contributed by atoms with Crippen molar-refractivity contribution in [2.24, 2.45) is 0 Å². The van der Waals surface area contributed by atoms with Crippen molar-refractivity contribution in [3.05, 3.63) is 17.8 Å². The van der Waals surface area contributed by atoms with Crippen LogP contribution in [0.4, 0.5) is 0 Å². The van der Waals surface area contributed by atoms with Gasteiger partial charge in [-0.25, -0.2) is 4.98 Å². The Labute approximate surface area is 72.2 Å². The lowest BCUT2D eigenvalue weighted by Gasteiger charge is -2.03. The Morgan fingerprint density at radius 3 is 3.08 bits per heavy atom. The lowest BCUT2D eigenvalue weighted by molar-refractivity contribution is 0.444. The number of terminal acetylenes is 1. The molecule has 0 aliphatic carbocycles. The zero-order chi connectivity index (χ0) is 8.97. The molecule has 1 rings (SSSR count). The second kappa shape index (κ2) is 3.93. The van der Waals surface area contributed by atoms with Crippen molar-refractivity contribution in [1.82, 2.24) is 10.3 Å². The van der Waals surface area contributed by atoms with Crippen molar-refractivity contribution >= 4 is 0 Å². The Balaban J connectivity index is 2.39. The maximum Gasteiger partial charge on any atom is 0.208 e. The SMILES string of the molecule is C#CC(C)NCc1ncc(C)o1. The molecule has 1 atom stereocenters. The lowest BCUT2D eigenvalue weighted by Crippen LogP contribution is -2.23. The van der Waals surface area contributed by atoms with Crippen molar-refractivity contribution < 1.29 is 4.42 Å². The summed E-state index contributed by atoms with van der Waals surface area (Å²) in [6, 6.07) is 0.0530. The van der Waals surface area contributed by atoms with E-state index >= 15 is 0 Å². The van der Waals surface area contributed by atoms with E-state index in [-0.39, 0.29) is 6.04 Å². The molecule has 0 fully saturated rings. The summed E-state index contributed by atoms with van der Waals surface area (Å²) >= 11 is 0. The summed E-state index contributed by atoms with van der Waals surface area (Å²) in [5.74, 6) is 4.06. The van der Waals surface area contributed by atoms with Gasteiger partial charge in [-0.1, -0.05) is 5.92 Å². The van der Waals surface area contributed by atoms with Crippen LogP contribution in [0.1, 0.15) is 18.6 Å². The van der Waals surface area contributed by atoms with Gasteiger partial charge >= 0.3 is 0 Å². The topological polar surface area (TPSA) is 38.1 Å². The molecule has 12 heavy (non-hydrogen) atoms. The Morgan fingerprint density at radius 2 is 2.58 bits per heavy atom. The van der Waals surface area contributed by atoms with Gasteiger partial charge in [-0.2, -0.15) is 0 Å². The molecule has 1 aromatic rings. The molecule has 0 amide bonds. The molecule has 0 aromatic carbocycles. The Morgan fingerprint density at radius 1 is 1.83 bits per heavy atom. The molecule has 3 heteroatoms. The molecule has 0 bridgehead atoms. The maximum atomic E-state index is 5.24. The molecule has 0 radical (unpaired) electrons. The number of aromatic nitrogens is 1. The zero-order valence-corrected chi connectivity index (χ0v) is 7.29. The van der Waals surface area contributed by atoms with Crippen LogP contribution in [0, 0.1) is 19.3 Å². The number of hydrogen-bond donors (Lipinski definition) is 1. The normalized spacial score (nSPS) is 12.4. The van der Waals surface area contributed by atoms with Crippen LogP contribution >= 0.6 is 0 Å². The van der Waals surface area contributed by atoms with Gasteiger partial charge in [-0.15, -0.1) is 6.42 Å². The Bertz CT molecular complexity index is 285. The molecule has 1 heterocycles. The molecule has 64 valence electrons. The van der Waals surface area contributed by atoms with E-state index in [4.69, 9.17) is 10.8 Å². The van der Waals surface area contributed by atoms with Gasteiger partial charge in [-0.05, 0) is 13.8 Å². The van der Waals surface area contributed by atoms with Gasteiger partial charge in [0, 0.05) is 0 Å². The highest BCUT2D eigenvalue weighted by atomic mass is 16.4. The number of oxazole rings is 1. The van der Waals surface area contributed by atoms with Gasteiger partial charge in [0.05, 0.1) is 18.8 Å². The van der Waals surface area contributed by atoms with Gasteiger partial charge < -0.3 is 4.42 Å². The van der Waals surface area contributed by atoms with E-state index in [9.17, 15) is 0 Å². The summed E-state index contributed by atoms with van der Waals surface area (Å²) in [6.07, 6.45) is 6.87. The van der Waals surface area contributed by atoms with Gasteiger partial charge in [-0.3, -0.25) is 5.32 Å². The summed E-state index contributed by atoms with van der Waals surface area (Å²) in [5.41, 5.74) is 0. The van der Waals surface area contributed by atoms with Crippen LogP contribution in [0.5, 0.6) is 0 Å². The number of nitrogens with one attached hydrogen (secondary N) is 1. The number of aryl methyl sites for hydroxylation is 1. The zero-order valence-electron chi connectivity index (χ0n) is 7.29. The Kier molecular flexibility index (Phi) is 2.89. The van der Waals surface area contributed by atoms with E-state index in [1.54, 1.807) is 6.20 Å². The first kappa shape index (κ1) is 8.82. The van der Waals surface area contributed by atoms with Crippen LogP contribution in [-0.2, 0) is 6.54 Å². The lowest BCUT2D eigenvalue weighted by atomic mass is 10.3. The van der Waals surface area contributed by atoms with E-state index in [0.29, 0.717) is 12.4 Å². The number of rotatable bonds is 3. The van der Waals surface area contributed by atoms with Crippen LogP contribution < -0.4 is 5.32 Å². The van der Waals surface area contributed by atoms with Crippen molar-refractivity contribution in [2.45, 2.75) is 26.4 Å². The third kappa shape index (κ3) is 2.40. The second-order valence-electron chi connectivity index (χ2n) is 2.63. The van der Waals surface area contributed by atoms with E-state index in [2.05, 4.69) is 16.2 Å². The maximum absolute atomic E-state index is 5.24. The molecule has 0 aliphatic rings. The van der Waals surface area contributed by atoms with E-state index in [0.717, 1.165) is 5.76 Å². The highest BCUT2D eigenvalue weighted by Gasteiger charge is 2.01. The van der Waals surface area contributed by atoms with Crippen molar-refractivity contribution in [3.63, 3.8) is 0 Å². The molecular weight excluding hydrogens is 152 g/mol. The molecule has 1 N–H and O–H groups in total. The summed E-state index contributed by atoms with van der Waals surface area (Å²) < 4.78 is 5.24. The molecule has 0 saturated carbocycles. The minimum absolute atomic E-state index is 0.0530. The first-order chi connectivity index (χ1) is 5.72. The predicted molar refractivity (Wildman–Crippen MR) is 46.4 cm³/mol. The monoisotopic (exact) mass is 164 g/mol. The van der Waals surface area contributed by atoms with Crippen LogP contribution in [0.15, 0.2) is 10.6 Å². The molecule has 0 spiro atoms. The molecular formula is C9H12N2O. The summed E-state index contributed by atoms with van der Waals surface area (Å²) in [4.78, 5) is 4.02. The van der Waals surface area contributed by atoms with Gasteiger partial charge in [0.25, 0.3) is 0 Å². The average molecular weight is 164 g/mol. The highest BCUT2D eigenvalue weighted by Crippen LogP contribution is 2.00. The van der Waals surface area contributed by atoms with Crippen LogP contribution in [0.25, 0.3) is 0 Å². The predicted octanol–water partition coefficient (Wildman–Crippen LogP) is 1.09. The molecule has 0 aliphatic heterocycles. The van der Waals surface area contributed by atoms with Gasteiger partial charge in [0.15, 0.2) is 0 Å². The largest absolute Gasteiger partial charge is 0.445 e. The van der Waals surface area contributed by atoms with Crippen molar-refractivity contribution in [1.29, 1.82) is 0 Å². The second-order valence-corrected chi connectivity index (χ2v) is 2.63. The third-order valence-electron chi connectivity index (χ3n) is 1.48. The van der Waals surface area contributed by atoms with E-state index in [1.165, 1.54) is 0 Å².